The molecule has 2 aromatic rings. The average Bonchev–Trinajstić information content (AvgIpc) is 3.28. The van der Waals surface area contributed by atoms with E-state index in [9.17, 15) is 14.9 Å². The van der Waals surface area contributed by atoms with Gasteiger partial charge in [0.2, 0.25) is 5.91 Å². The van der Waals surface area contributed by atoms with Crippen LogP contribution in [0, 0.1) is 17.2 Å². The molecule has 4 heterocycles. The highest BCUT2D eigenvalue weighted by atomic mass is 16.6. The van der Waals surface area contributed by atoms with Gasteiger partial charge in [-0.1, -0.05) is 0 Å². The van der Waals surface area contributed by atoms with Crippen LogP contribution in [0.3, 0.4) is 0 Å². The maximum Gasteiger partial charge on any atom is 0.335 e. The number of amides is 1. The van der Waals surface area contributed by atoms with Gasteiger partial charge in [0, 0.05) is 37.8 Å². The minimum Gasteiger partial charge on any atom is -0.458 e. The third-order valence-corrected chi connectivity index (χ3v) is 7.89. The molecule has 0 bridgehead atoms. The zero-order valence-electron chi connectivity index (χ0n) is 23.9. The van der Waals surface area contributed by atoms with E-state index in [4.69, 9.17) is 14.5 Å². The molecule has 1 aromatic carbocycles. The van der Waals surface area contributed by atoms with Crippen LogP contribution in [0.2, 0.25) is 0 Å². The number of hydrogen-bond acceptors (Lipinski definition) is 10. The molecule has 3 N–H and O–H groups in total. The highest BCUT2D eigenvalue weighted by Crippen LogP contribution is 2.40. The molecular formula is C29H39N7O4. The Hall–Kier alpha value is -3.46. The summed E-state index contributed by atoms with van der Waals surface area (Å²) in [7, 11) is 3.92. The van der Waals surface area contributed by atoms with Gasteiger partial charge in [-0.15, -0.1) is 0 Å². The first-order chi connectivity index (χ1) is 19.0. The second-order valence-electron chi connectivity index (χ2n) is 12.2. The molecule has 40 heavy (non-hydrogen) atoms. The molecule has 1 amide bonds. The van der Waals surface area contributed by atoms with Crippen LogP contribution in [0.15, 0.2) is 30.3 Å². The van der Waals surface area contributed by atoms with Gasteiger partial charge in [0.05, 0.1) is 36.1 Å². The number of carbonyl (C=O) groups excluding carboxylic acids is 2. The molecule has 0 aliphatic carbocycles. The first-order valence-electron chi connectivity index (χ1n) is 13.9. The van der Waals surface area contributed by atoms with Gasteiger partial charge in [-0.2, -0.15) is 5.26 Å². The van der Waals surface area contributed by atoms with E-state index in [1.807, 2.05) is 70.1 Å². The lowest BCUT2D eigenvalue weighted by Crippen LogP contribution is -2.63. The third kappa shape index (κ3) is 5.57. The van der Waals surface area contributed by atoms with Crippen molar-refractivity contribution in [1.29, 1.82) is 5.26 Å². The fourth-order valence-corrected chi connectivity index (χ4v) is 5.97. The predicted molar refractivity (Wildman–Crippen MR) is 151 cm³/mol. The molecule has 0 saturated carbocycles. The number of ether oxygens (including phenoxy) is 2. The average molecular weight is 550 g/mol. The molecule has 3 unspecified atom stereocenters. The largest absolute Gasteiger partial charge is 0.458 e. The van der Waals surface area contributed by atoms with Crippen molar-refractivity contribution >= 4 is 34.3 Å². The number of hydrogen-bond donors (Lipinski definition) is 3. The molecule has 214 valence electrons. The molecule has 0 spiro atoms. The minimum absolute atomic E-state index is 0.0303. The smallest absolute Gasteiger partial charge is 0.335 e. The number of hydrazine groups is 1. The highest BCUT2D eigenvalue weighted by Gasteiger charge is 2.56. The Balaban J connectivity index is 1.37. The summed E-state index contributed by atoms with van der Waals surface area (Å²) in [5.74, 6) is 0.0926. The second kappa shape index (κ2) is 10.8. The number of pyridine rings is 1. The summed E-state index contributed by atoms with van der Waals surface area (Å²) in [6.45, 7) is 6.23. The van der Waals surface area contributed by atoms with Crippen LogP contribution in [0.5, 0.6) is 0 Å². The zero-order chi connectivity index (χ0) is 28.7. The Kier molecular flexibility index (Phi) is 7.61. The summed E-state index contributed by atoms with van der Waals surface area (Å²) in [6, 6.07) is 12.2. The van der Waals surface area contributed by atoms with E-state index in [-0.39, 0.29) is 36.9 Å². The lowest BCUT2D eigenvalue weighted by Gasteiger charge is -2.47. The van der Waals surface area contributed by atoms with Crippen LogP contribution in [-0.2, 0) is 19.1 Å². The van der Waals surface area contributed by atoms with Gasteiger partial charge < -0.3 is 25.0 Å². The second-order valence-corrected chi connectivity index (χ2v) is 12.2. The molecule has 1 aromatic heterocycles. The number of piperidine rings is 1. The van der Waals surface area contributed by atoms with Gasteiger partial charge in [0.25, 0.3) is 0 Å². The Morgan fingerprint density at radius 2 is 2.10 bits per heavy atom. The fourth-order valence-electron chi connectivity index (χ4n) is 5.97. The maximum atomic E-state index is 13.2. The van der Waals surface area contributed by atoms with E-state index in [1.165, 1.54) is 0 Å². The molecule has 5 atom stereocenters. The minimum atomic E-state index is -0.680. The molecule has 5 rings (SSSR count). The van der Waals surface area contributed by atoms with E-state index in [2.05, 4.69) is 27.1 Å². The number of nitriles is 1. The molecule has 3 fully saturated rings. The van der Waals surface area contributed by atoms with Crippen LogP contribution in [0.4, 0.5) is 11.5 Å². The topological polar surface area (TPSA) is 132 Å². The molecular weight excluding hydrogens is 510 g/mol. The maximum absolute atomic E-state index is 13.2. The summed E-state index contributed by atoms with van der Waals surface area (Å²) in [5, 5.41) is 19.4. The number of aromatic nitrogens is 1. The number of nitrogens with one attached hydrogen (secondary N) is 3. The van der Waals surface area contributed by atoms with Gasteiger partial charge in [-0.25, -0.2) is 20.2 Å². The van der Waals surface area contributed by atoms with Crippen molar-refractivity contribution in [2.75, 3.05) is 37.5 Å². The SMILES string of the molecule is CN(C)c1ccc2cc(NC3NN([C@]4(CC#N)CC[C@@H](C(=O)OC(C)(C)C)OC4)C4CCNC(=O)C34)ccc2n1. The van der Waals surface area contributed by atoms with Gasteiger partial charge in [0.15, 0.2) is 6.10 Å². The zero-order valence-corrected chi connectivity index (χ0v) is 23.9. The van der Waals surface area contributed by atoms with Crippen LogP contribution < -0.4 is 21.0 Å². The Bertz CT molecular complexity index is 1310. The van der Waals surface area contributed by atoms with Crippen molar-refractivity contribution in [3.63, 3.8) is 0 Å². The molecule has 11 nitrogen and oxygen atoms in total. The number of fused-ring (bicyclic) bond motifs is 2. The monoisotopic (exact) mass is 549 g/mol. The lowest BCUT2D eigenvalue weighted by atomic mass is 9.83. The van der Waals surface area contributed by atoms with Gasteiger partial charge in [-0.3, -0.25) is 4.79 Å². The molecule has 11 heteroatoms. The summed E-state index contributed by atoms with van der Waals surface area (Å²) >= 11 is 0. The summed E-state index contributed by atoms with van der Waals surface area (Å²) in [6.07, 6.45) is 0.866. The Morgan fingerprint density at radius 3 is 2.77 bits per heavy atom. The first-order valence-corrected chi connectivity index (χ1v) is 13.9. The lowest BCUT2D eigenvalue weighted by molar-refractivity contribution is -0.180. The summed E-state index contributed by atoms with van der Waals surface area (Å²) in [5.41, 5.74) is 4.02. The first kappa shape index (κ1) is 28.1. The number of anilines is 2. The van der Waals surface area contributed by atoms with Gasteiger partial charge >= 0.3 is 5.97 Å². The quantitative estimate of drug-likeness (QED) is 0.462. The van der Waals surface area contributed by atoms with Crippen LogP contribution >= 0.6 is 0 Å². The molecule has 3 saturated heterocycles. The molecule has 3 aliphatic heterocycles. The van der Waals surface area contributed by atoms with Gasteiger partial charge in [-0.05, 0) is 70.4 Å². The molecule has 3 aliphatic rings. The van der Waals surface area contributed by atoms with Crippen molar-refractivity contribution in [2.24, 2.45) is 5.92 Å². The number of benzene rings is 1. The number of carbonyl (C=O) groups is 2. The van der Waals surface area contributed by atoms with Crippen molar-refractivity contribution in [3.8, 4) is 6.07 Å². The van der Waals surface area contributed by atoms with E-state index in [0.29, 0.717) is 19.4 Å². The number of rotatable bonds is 6. The van der Waals surface area contributed by atoms with E-state index in [0.717, 1.165) is 28.8 Å². The number of nitrogens with zero attached hydrogens (tertiary/aromatic N) is 4. The van der Waals surface area contributed by atoms with Crippen molar-refractivity contribution in [3.05, 3.63) is 30.3 Å². The number of esters is 1. The summed E-state index contributed by atoms with van der Waals surface area (Å²) in [4.78, 5) is 32.5. The Morgan fingerprint density at radius 1 is 1.30 bits per heavy atom. The molecule has 0 radical (unpaired) electrons. The van der Waals surface area contributed by atoms with E-state index in [1.54, 1.807) is 0 Å². The van der Waals surface area contributed by atoms with Crippen LogP contribution in [0.1, 0.15) is 46.5 Å². The summed E-state index contributed by atoms with van der Waals surface area (Å²) < 4.78 is 11.6. The van der Waals surface area contributed by atoms with Gasteiger partial charge in [0.1, 0.15) is 17.6 Å². The Labute approximate surface area is 235 Å². The van der Waals surface area contributed by atoms with E-state index < -0.39 is 23.4 Å². The predicted octanol–water partition coefficient (Wildman–Crippen LogP) is 2.54. The van der Waals surface area contributed by atoms with Crippen LogP contribution in [0.25, 0.3) is 10.9 Å². The van der Waals surface area contributed by atoms with Crippen molar-refractivity contribution in [1.82, 2.24) is 20.7 Å². The van der Waals surface area contributed by atoms with Crippen LogP contribution in [-0.4, -0.2) is 78.6 Å². The fraction of sp³-hybridized carbons (Fsp3) is 0.586. The standard InChI is InChI=1S/C29H39N7O4/c1-28(2,3)40-27(38)22-10-12-29(13-14-30,17-39-22)36-21-11-15-31-26(37)24(21)25(34-36)32-19-7-8-20-18(16-19)6-9-23(33-20)35(4)5/h6-9,16,21-22,24-25,32,34H,10-13,15,17H2,1-5H3,(H,31,37)/t21?,22-,24?,25?,29-/m0/s1. The third-order valence-electron chi connectivity index (χ3n) is 7.89. The van der Waals surface area contributed by atoms with E-state index >= 15 is 0 Å². The van der Waals surface area contributed by atoms with Crippen molar-refractivity contribution < 1.29 is 19.1 Å². The highest BCUT2D eigenvalue weighted by molar-refractivity contribution is 5.85. The normalized spacial score (nSPS) is 28.9. The van der Waals surface area contributed by atoms with Crippen molar-refractivity contribution in [2.45, 2.75) is 75.9 Å².